The molecule has 2 aliphatic rings. The van der Waals surface area contributed by atoms with Crippen LogP contribution in [0.15, 0.2) is 76.6 Å². The van der Waals surface area contributed by atoms with Gasteiger partial charge in [-0.15, -0.1) is 0 Å². The quantitative estimate of drug-likeness (QED) is 0.367. The Kier molecular flexibility index (Phi) is 7.67. The Morgan fingerprint density at radius 1 is 1.00 bits per heavy atom. The maximum Gasteiger partial charge on any atom is 0.286 e. The first-order valence-corrected chi connectivity index (χ1v) is 13.0. The number of amides is 1. The third-order valence-corrected chi connectivity index (χ3v) is 7.44. The van der Waals surface area contributed by atoms with Gasteiger partial charge in [0.15, 0.2) is 16.7 Å². The van der Waals surface area contributed by atoms with Crippen molar-refractivity contribution in [3.8, 4) is 11.5 Å². The van der Waals surface area contributed by atoms with Crippen molar-refractivity contribution in [3.63, 3.8) is 0 Å². The van der Waals surface area contributed by atoms with E-state index in [1.54, 1.807) is 19.2 Å². The van der Waals surface area contributed by atoms with Gasteiger partial charge >= 0.3 is 0 Å². The smallest absolute Gasteiger partial charge is 0.286 e. The zero-order valence-electron chi connectivity index (χ0n) is 20.2. The summed E-state index contributed by atoms with van der Waals surface area (Å²) in [5, 5.41) is 1.36. The van der Waals surface area contributed by atoms with Crippen LogP contribution < -0.4 is 14.4 Å². The molecule has 1 saturated heterocycles. The Bertz CT molecular complexity index is 1360. The van der Waals surface area contributed by atoms with Gasteiger partial charge in [-0.05, 0) is 65.4 Å². The lowest BCUT2D eigenvalue weighted by atomic mass is 10.2. The number of thioether (sulfide) groups is 1. The summed E-state index contributed by atoms with van der Waals surface area (Å²) < 4.78 is 25.6. The van der Waals surface area contributed by atoms with E-state index in [9.17, 15) is 9.18 Å². The molecule has 2 aliphatic heterocycles. The number of hydrogen-bond donors (Lipinski definition) is 0. The second-order valence-corrected chi connectivity index (χ2v) is 10.0. The normalized spacial score (nSPS) is 16.8. The zero-order chi connectivity index (χ0) is 25.8. The van der Waals surface area contributed by atoms with Crippen LogP contribution in [0.1, 0.15) is 11.1 Å². The van der Waals surface area contributed by atoms with E-state index in [1.165, 1.54) is 17.8 Å². The van der Waals surface area contributed by atoms with Crippen LogP contribution in [0.5, 0.6) is 11.5 Å². The van der Waals surface area contributed by atoms with Crippen LogP contribution in [0.2, 0.25) is 5.02 Å². The highest BCUT2D eigenvalue weighted by molar-refractivity contribution is 8.18. The Morgan fingerprint density at radius 2 is 1.73 bits per heavy atom. The van der Waals surface area contributed by atoms with Gasteiger partial charge in [0, 0.05) is 31.2 Å². The molecule has 0 unspecified atom stereocenters. The number of para-hydroxylation sites is 1. The third kappa shape index (κ3) is 5.92. The molecule has 5 rings (SSSR count). The average molecular weight is 538 g/mol. The van der Waals surface area contributed by atoms with Gasteiger partial charge in [0.2, 0.25) is 0 Å². The summed E-state index contributed by atoms with van der Waals surface area (Å²) in [6.45, 7) is 3.01. The molecule has 37 heavy (non-hydrogen) atoms. The molecule has 0 spiro atoms. The van der Waals surface area contributed by atoms with E-state index >= 15 is 0 Å². The predicted octanol–water partition coefficient (Wildman–Crippen LogP) is 5.86. The Balaban J connectivity index is 1.21. The fourth-order valence-corrected chi connectivity index (χ4v) is 5.26. The van der Waals surface area contributed by atoms with Crippen LogP contribution in [-0.2, 0) is 11.4 Å². The average Bonchev–Trinajstić information content (AvgIpc) is 3.29. The van der Waals surface area contributed by atoms with Gasteiger partial charge in [-0.25, -0.2) is 4.39 Å². The van der Waals surface area contributed by atoms with Gasteiger partial charge in [0.25, 0.3) is 5.91 Å². The summed E-state index contributed by atoms with van der Waals surface area (Å²) >= 11 is 7.30. The van der Waals surface area contributed by atoms with Crippen molar-refractivity contribution in [3.05, 3.63) is 93.6 Å². The standard InChI is InChI=1S/C28H25ClFN3O3S/c1-35-25-16-20(8-11-24(25)36-18-19-6-9-21(29)10-7-19)17-26-27(34)31-28(37-26)33-14-12-32(13-15-33)23-5-3-2-4-22(23)30/h2-11,16-17H,12-15,18H2,1H3/b26-17-. The number of piperazine rings is 1. The number of carbonyl (C=O) groups excluding carboxylic acids is 1. The molecular formula is C28H25ClFN3O3S. The van der Waals surface area contributed by atoms with E-state index in [0.29, 0.717) is 65.1 Å². The van der Waals surface area contributed by atoms with Crippen molar-refractivity contribution in [1.29, 1.82) is 0 Å². The largest absolute Gasteiger partial charge is 0.493 e. The Labute approximate surface area is 224 Å². The molecule has 2 heterocycles. The second-order valence-electron chi connectivity index (χ2n) is 8.56. The summed E-state index contributed by atoms with van der Waals surface area (Å²) in [4.78, 5) is 21.6. The minimum absolute atomic E-state index is 0.222. The number of carbonyl (C=O) groups is 1. The predicted molar refractivity (Wildman–Crippen MR) is 147 cm³/mol. The fraction of sp³-hybridized carbons (Fsp3) is 0.214. The molecule has 9 heteroatoms. The monoisotopic (exact) mass is 537 g/mol. The maximum atomic E-state index is 14.1. The van der Waals surface area contributed by atoms with E-state index in [1.807, 2.05) is 59.5 Å². The topological polar surface area (TPSA) is 54.4 Å². The van der Waals surface area contributed by atoms with Crippen molar-refractivity contribution in [2.75, 3.05) is 38.2 Å². The van der Waals surface area contributed by atoms with Gasteiger partial charge in [-0.2, -0.15) is 4.99 Å². The molecule has 190 valence electrons. The number of hydrogen-bond acceptors (Lipinski definition) is 6. The molecule has 6 nitrogen and oxygen atoms in total. The molecule has 3 aromatic rings. The number of rotatable bonds is 6. The molecule has 1 fully saturated rings. The lowest BCUT2D eigenvalue weighted by molar-refractivity contribution is -0.113. The highest BCUT2D eigenvalue weighted by Crippen LogP contribution is 2.34. The molecule has 0 bridgehead atoms. The lowest BCUT2D eigenvalue weighted by Gasteiger charge is -2.36. The maximum absolute atomic E-state index is 14.1. The van der Waals surface area contributed by atoms with E-state index in [4.69, 9.17) is 21.1 Å². The number of benzene rings is 3. The van der Waals surface area contributed by atoms with E-state index < -0.39 is 0 Å². The second kappa shape index (κ2) is 11.3. The number of halogens is 2. The van der Waals surface area contributed by atoms with Crippen LogP contribution >= 0.6 is 23.4 Å². The molecular weight excluding hydrogens is 513 g/mol. The first-order valence-electron chi connectivity index (χ1n) is 11.8. The number of methoxy groups -OCH3 is 1. The van der Waals surface area contributed by atoms with Gasteiger partial charge in [-0.1, -0.05) is 41.9 Å². The summed E-state index contributed by atoms with van der Waals surface area (Å²) in [6.07, 6.45) is 1.81. The van der Waals surface area contributed by atoms with Gasteiger partial charge in [-0.3, -0.25) is 4.79 Å². The molecule has 0 aromatic heterocycles. The highest BCUT2D eigenvalue weighted by atomic mass is 35.5. The van der Waals surface area contributed by atoms with Crippen molar-refractivity contribution < 1.29 is 18.7 Å². The van der Waals surface area contributed by atoms with Crippen LogP contribution in [-0.4, -0.2) is 49.3 Å². The SMILES string of the molecule is COc1cc(/C=C2\SC(N3CCN(c4ccccc4F)CC3)=NC2=O)ccc1OCc1ccc(Cl)cc1. The minimum atomic E-state index is -0.265. The number of nitrogens with zero attached hydrogens (tertiary/aromatic N) is 3. The third-order valence-electron chi connectivity index (χ3n) is 6.15. The van der Waals surface area contributed by atoms with E-state index in [0.717, 1.165) is 11.1 Å². The number of amidine groups is 1. The van der Waals surface area contributed by atoms with Crippen molar-refractivity contribution in [2.24, 2.45) is 4.99 Å². The summed E-state index contributed by atoms with van der Waals surface area (Å²) in [7, 11) is 1.58. The van der Waals surface area contributed by atoms with Gasteiger partial charge in [0.05, 0.1) is 17.7 Å². The van der Waals surface area contributed by atoms with Gasteiger partial charge in [0.1, 0.15) is 12.4 Å². The molecule has 3 aromatic carbocycles. The molecule has 0 radical (unpaired) electrons. The molecule has 0 saturated carbocycles. The Hall–Kier alpha value is -3.49. The van der Waals surface area contributed by atoms with E-state index in [2.05, 4.69) is 9.89 Å². The van der Waals surface area contributed by atoms with Crippen LogP contribution in [0.25, 0.3) is 6.08 Å². The summed E-state index contributed by atoms with van der Waals surface area (Å²) in [5.74, 6) is 0.693. The van der Waals surface area contributed by atoms with Crippen LogP contribution in [0.3, 0.4) is 0 Å². The van der Waals surface area contributed by atoms with Crippen LogP contribution in [0, 0.1) is 5.82 Å². The molecule has 0 N–H and O–H groups in total. The zero-order valence-corrected chi connectivity index (χ0v) is 21.8. The fourth-order valence-electron chi connectivity index (χ4n) is 4.17. The molecule has 0 atom stereocenters. The Morgan fingerprint density at radius 3 is 2.46 bits per heavy atom. The first-order chi connectivity index (χ1) is 18.0. The number of anilines is 1. The highest BCUT2D eigenvalue weighted by Gasteiger charge is 2.29. The first kappa shape index (κ1) is 25.2. The van der Waals surface area contributed by atoms with Crippen molar-refractivity contribution in [2.45, 2.75) is 6.61 Å². The van der Waals surface area contributed by atoms with Crippen molar-refractivity contribution >= 4 is 46.2 Å². The van der Waals surface area contributed by atoms with Crippen LogP contribution in [0.4, 0.5) is 10.1 Å². The molecule has 1 amide bonds. The van der Waals surface area contributed by atoms with E-state index in [-0.39, 0.29) is 11.7 Å². The van der Waals surface area contributed by atoms with Crippen molar-refractivity contribution in [1.82, 2.24) is 4.90 Å². The summed E-state index contributed by atoms with van der Waals surface area (Å²) in [6, 6.07) is 19.8. The summed E-state index contributed by atoms with van der Waals surface area (Å²) in [5.41, 5.74) is 2.41. The lowest BCUT2D eigenvalue weighted by Crippen LogP contribution is -2.48. The number of aliphatic imine (C=N–C) groups is 1. The number of ether oxygens (including phenoxy) is 2. The minimum Gasteiger partial charge on any atom is -0.493 e. The van der Waals surface area contributed by atoms with Gasteiger partial charge < -0.3 is 19.3 Å². The molecule has 0 aliphatic carbocycles.